The Balaban J connectivity index is 1.33. The van der Waals surface area contributed by atoms with Crippen LogP contribution in [0.4, 0.5) is 8.78 Å². The lowest BCUT2D eigenvalue weighted by Gasteiger charge is -2.38. The predicted octanol–water partition coefficient (Wildman–Crippen LogP) is 8.11. The maximum atomic E-state index is 13.3. The molecule has 1 nitrogen and oxygen atoms in total. The van der Waals surface area contributed by atoms with Gasteiger partial charge in [-0.2, -0.15) is 0 Å². The molecule has 0 aromatic heterocycles. The van der Waals surface area contributed by atoms with E-state index < -0.39 is 12.3 Å². The zero-order chi connectivity index (χ0) is 21.3. The first-order valence-electron chi connectivity index (χ1n) is 12.5. The summed E-state index contributed by atoms with van der Waals surface area (Å²) in [7, 11) is 0. The van der Waals surface area contributed by atoms with E-state index in [1.807, 2.05) is 12.1 Å². The molecule has 2 aliphatic rings. The van der Waals surface area contributed by atoms with Gasteiger partial charge in [-0.1, -0.05) is 57.6 Å². The van der Waals surface area contributed by atoms with Crippen molar-refractivity contribution in [3.63, 3.8) is 0 Å². The Kier molecular flexibility index (Phi) is 9.46. The molecule has 0 bridgehead atoms. The van der Waals surface area contributed by atoms with Gasteiger partial charge in [-0.05, 0) is 86.8 Å². The highest BCUT2D eigenvalue weighted by Gasteiger charge is 2.30. The molecule has 0 spiro atoms. The van der Waals surface area contributed by atoms with Crippen molar-refractivity contribution in [2.75, 3.05) is 6.61 Å². The molecule has 0 heterocycles. The van der Waals surface area contributed by atoms with E-state index in [4.69, 9.17) is 4.74 Å². The van der Waals surface area contributed by atoms with Gasteiger partial charge in [0.2, 0.25) is 0 Å². The third kappa shape index (κ3) is 7.24. The van der Waals surface area contributed by atoms with Crippen LogP contribution in [0.5, 0.6) is 5.75 Å². The van der Waals surface area contributed by atoms with E-state index in [-0.39, 0.29) is 6.61 Å². The summed E-state index contributed by atoms with van der Waals surface area (Å²) in [6.45, 7) is 3.33. The fourth-order valence-corrected chi connectivity index (χ4v) is 5.74. The molecule has 0 radical (unpaired) electrons. The molecule has 0 N–H and O–H groups in total. The summed E-state index contributed by atoms with van der Waals surface area (Å²) in [6, 6.07) is 7.91. The van der Waals surface area contributed by atoms with Crippen LogP contribution in [0.2, 0.25) is 0 Å². The van der Waals surface area contributed by atoms with Crippen LogP contribution in [-0.2, 0) is 6.42 Å². The van der Waals surface area contributed by atoms with Gasteiger partial charge >= 0.3 is 0 Å². The second-order valence-corrected chi connectivity index (χ2v) is 10.0. The zero-order valence-corrected chi connectivity index (χ0v) is 19.1. The van der Waals surface area contributed by atoms with Gasteiger partial charge in [0.15, 0.2) is 6.17 Å². The summed E-state index contributed by atoms with van der Waals surface area (Å²) in [4.78, 5) is 0. The van der Waals surface area contributed by atoms with Gasteiger partial charge in [-0.25, -0.2) is 8.78 Å². The van der Waals surface area contributed by atoms with Gasteiger partial charge in [0, 0.05) is 0 Å². The lowest BCUT2D eigenvalue weighted by atomic mass is 9.68. The summed E-state index contributed by atoms with van der Waals surface area (Å²) >= 11 is 0. The van der Waals surface area contributed by atoms with E-state index in [0.717, 1.165) is 30.1 Å². The van der Waals surface area contributed by atoms with Gasteiger partial charge in [0.05, 0.1) is 0 Å². The monoisotopic (exact) mass is 420 g/mol. The quantitative estimate of drug-likeness (QED) is 0.371. The summed E-state index contributed by atoms with van der Waals surface area (Å²) in [5, 5.41) is 0. The normalized spacial score (nSPS) is 29.3. The van der Waals surface area contributed by atoms with Crippen LogP contribution in [0.15, 0.2) is 24.3 Å². The lowest BCUT2D eigenvalue weighted by molar-refractivity contribution is 0.119. The van der Waals surface area contributed by atoms with Crippen LogP contribution in [0.25, 0.3) is 0 Å². The van der Waals surface area contributed by atoms with Crippen molar-refractivity contribution < 1.29 is 13.5 Å². The number of benzene rings is 1. The molecule has 2 saturated carbocycles. The van der Waals surface area contributed by atoms with Gasteiger partial charge in [0.1, 0.15) is 18.5 Å². The fourth-order valence-electron chi connectivity index (χ4n) is 5.74. The number of hydrogen-bond acceptors (Lipinski definition) is 1. The standard InChI is InChI=1S/C27H42F2O/c1-3-4-21-7-13-24(14-8-21)25-15-9-22(10-16-25)5-6-23-11-17-26(18-12-23)30-19-27(29)20(2)28/h11-12,17-18,20-22,24-25,27H,3-10,13-16,19H2,1-2H3. The first-order valence-corrected chi connectivity index (χ1v) is 12.5. The number of ether oxygens (including phenoxy) is 1. The summed E-state index contributed by atoms with van der Waals surface area (Å²) in [6.07, 6.45) is 13.7. The molecule has 0 amide bonds. The Morgan fingerprint density at radius 1 is 0.833 bits per heavy atom. The van der Waals surface area contributed by atoms with Crippen molar-refractivity contribution in [1.29, 1.82) is 0 Å². The molecular formula is C27H42F2O. The highest BCUT2D eigenvalue weighted by atomic mass is 19.2. The second-order valence-electron chi connectivity index (χ2n) is 10.0. The Morgan fingerprint density at radius 3 is 1.87 bits per heavy atom. The van der Waals surface area contributed by atoms with E-state index in [0.29, 0.717) is 5.75 Å². The molecular weight excluding hydrogens is 378 g/mol. The van der Waals surface area contributed by atoms with E-state index in [9.17, 15) is 8.78 Å². The minimum Gasteiger partial charge on any atom is -0.490 e. The lowest BCUT2D eigenvalue weighted by Crippen LogP contribution is -2.26. The third-order valence-electron chi connectivity index (χ3n) is 7.82. The molecule has 3 heteroatoms. The minimum absolute atomic E-state index is 0.222. The number of halogens is 2. The average Bonchev–Trinajstić information content (AvgIpc) is 2.78. The van der Waals surface area contributed by atoms with E-state index in [1.165, 1.54) is 83.1 Å². The van der Waals surface area contributed by atoms with Crippen LogP contribution in [0, 0.1) is 23.7 Å². The van der Waals surface area contributed by atoms with Crippen LogP contribution >= 0.6 is 0 Å². The van der Waals surface area contributed by atoms with E-state index in [1.54, 1.807) is 0 Å². The van der Waals surface area contributed by atoms with Crippen molar-refractivity contribution in [2.45, 2.75) is 103 Å². The van der Waals surface area contributed by atoms with Crippen LogP contribution < -0.4 is 4.74 Å². The van der Waals surface area contributed by atoms with Crippen LogP contribution in [0.3, 0.4) is 0 Å². The van der Waals surface area contributed by atoms with Crippen LogP contribution in [-0.4, -0.2) is 19.0 Å². The minimum atomic E-state index is -1.56. The number of aryl methyl sites for hydroxylation is 1. The topological polar surface area (TPSA) is 9.23 Å². The van der Waals surface area contributed by atoms with Gasteiger partial charge in [0.25, 0.3) is 0 Å². The molecule has 2 unspecified atom stereocenters. The molecule has 3 rings (SSSR count). The smallest absolute Gasteiger partial charge is 0.165 e. The van der Waals surface area contributed by atoms with Crippen molar-refractivity contribution in [3.8, 4) is 5.75 Å². The van der Waals surface area contributed by atoms with Gasteiger partial charge in [-0.15, -0.1) is 0 Å². The summed E-state index contributed by atoms with van der Waals surface area (Å²) < 4.78 is 31.5. The van der Waals surface area contributed by atoms with Crippen molar-refractivity contribution in [2.24, 2.45) is 23.7 Å². The maximum absolute atomic E-state index is 13.3. The summed E-state index contributed by atoms with van der Waals surface area (Å²) in [5.41, 5.74) is 1.31. The molecule has 2 fully saturated rings. The molecule has 30 heavy (non-hydrogen) atoms. The highest BCUT2D eigenvalue weighted by molar-refractivity contribution is 5.27. The fraction of sp³-hybridized carbons (Fsp3) is 0.778. The van der Waals surface area contributed by atoms with E-state index >= 15 is 0 Å². The Bertz CT molecular complexity index is 583. The Labute approximate surface area is 183 Å². The van der Waals surface area contributed by atoms with Crippen molar-refractivity contribution in [3.05, 3.63) is 29.8 Å². The Morgan fingerprint density at radius 2 is 1.37 bits per heavy atom. The predicted molar refractivity (Wildman–Crippen MR) is 122 cm³/mol. The molecule has 0 aliphatic heterocycles. The summed E-state index contributed by atoms with van der Waals surface area (Å²) in [5.74, 6) is 4.51. The molecule has 1 aromatic carbocycles. The first kappa shape index (κ1) is 23.5. The van der Waals surface area contributed by atoms with Gasteiger partial charge < -0.3 is 4.74 Å². The van der Waals surface area contributed by atoms with Crippen molar-refractivity contribution >= 4 is 0 Å². The first-order chi connectivity index (χ1) is 14.5. The number of rotatable bonds is 10. The molecule has 0 saturated heterocycles. The third-order valence-corrected chi connectivity index (χ3v) is 7.82. The van der Waals surface area contributed by atoms with E-state index in [2.05, 4.69) is 19.1 Å². The SMILES string of the molecule is CCCC1CCC(C2CCC(CCc3ccc(OCC(F)C(C)F)cc3)CC2)CC1. The molecule has 170 valence electrons. The van der Waals surface area contributed by atoms with Crippen LogP contribution in [0.1, 0.15) is 90.0 Å². The average molecular weight is 421 g/mol. The Hall–Kier alpha value is -1.12. The number of alkyl halides is 2. The van der Waals surface area contributed by atoms with Crippen molar-refractivity contribution in [1.82, 2.24) is 0 Å². The largest absolute Gasteiger partial charge is 0.490 e. The maximum Gasteiger partial charge on any atom is 0.165 e. The molecule has 2 atom stereocenters. The molecule has 1 aromatic rings. The van der Waals surface area contributed by atoms with Gasteiger partial charge in [-0.3, -0.25) is 0 Å². The highest BCUT2D eigenvalue weighted by Crippen LogP contribution is 2.42. The zero-order valence-electron chi connectivity index (χ0n) is 19.1. The second kappa shape index (κ2) is 12.1. The molecule has 2 aliphatic carbocycles. The number of hydrogen-bond donors (Lipinski definition) is 0.